The Morgan fingerprint density at radius 2 is 0.558 bits per heavy atom. The molecule has 0 saturated heterocycles. The second-order valence-corrected chi connectivity index (χ2v) is 18.0. The topological polar surface area (TPSA) is 0 Å². The molecule has 9 aromatic carbocycles. The lowest BCUT2D eigenvalue weighted by molar-refractivity contribution is 1.67. The van der Waals surface area contributed by atoms with Gasteiger partial charge in [0.15, 0.2) is 0 Å². The van der Waals surface area contributed by atoms with Crippen molar-refractivity contribution in [3.63, 3.8) is 0 Å². The Labute approximate surface area is 304 Å². The van der Waals surface area contributed by atoms with Gasteiger partial charge in [0, 0.05) is 20.5 Å². The molecule has 0 aliphatic carbocycles. The average molecular weight is 695 g/mol. The lowest BCUT2D eigenvalue weighted by atomic mass is 9.85. The molecule has 0 bridgehead atoms. The molecule has 0 nitrogen and oxygen atoms in total. The second-order valence-electron chi connectivity index (χ2n) is 13.7. The van der Waals surface area contributed by atoms with Crippen molar-refractivity contribution < 1.29 is 0 Å². The predicted molar refractivity (Wildman–Crippen MR) is 230 cm³/mol. The highest BCUT2D eigenvalue weighted by Crippen LogP contribution is 2.59. The fraction of sp³-hybridized carbons (Fsp3) is 0. The van der Waals surface area contributed by atoms with Crippen LogP contribution in [0.3, 0.4) is 0 Å². The SMILES string of the molecule is c1ccc(-c2c3cc4c5ccccc5p(-c5ccccc5)c4cc3c(-c3ccccc3)c3cc4c5ccccc5p(-c5ccccc5)c4cc23)cc1. The molecular weight excluding hydrogens is 662 g/mol. The molecule has 2 atom stereocenters. The van der Waals surface area contributed by atoms with E-state index in [-0.39, 0.29) is 0 Å². The predicted octanol–water partition coefficient (Wildman–Crippen LogP) is 15.9. The first-order valence-electron chi connectivity index (χ1n) is 17.9. The van der Waals surface area contributed by atoms with Gasteiger partial charge < -0.3 is 0 Å². The highest BCUT2D eigenvalue weighted by Gasteiger charge is 2.23. The van der Waals surface area contributed by atoms with Crippen molar-refractivity contribution >= 4 is 78.6 Å². The Morgan fingerprint density at radius 1 is 0.231 bits per heavy atom. The number of rotatable bonds is 4. The van der Waals surface area contributed by atoms with Crippen LogP contribution in [0.5, 0.6) is 0 Å². The summed E-state index contributed by atoms with van der Waals surface area (Å²) >= 11 is 0. The molecule has 242 valence electrons. The zero-order valence-electron chi connectivity index (χ0n) is 28.4. The molecular formula is C50H32P2. The largest absolute Gasteiger partial charge is 0.0772 e. The summed E-state index contributed by atoms with van der Waals surface area (Å²) in [7, 11) is -1.40. The first-order valence-corrected chi connectivity index (χ1v) is 20.6. The van der Waals surface area contributed by atoms with E-state index in [0.717, 1.165) is 0 Å². The van der Waals surface area contributed by atoms with Crippen LogP contribution in [0.25, 0.3) is 96.4 Å². The Kier molecular flexibility index (Phi) is 6.78. The average Bonchev–Trinajstić information content (AvgIpc) is 3.71. The lowest BCUT2D eigenvalue weighted by Crippen LogP contribution is -1.91. The van der Waals surface area contributed by atoms with Crippen LogP contribution in [0.4, 0.5) is 0 Å². The molecule has 0 aliphatic rings. The molecule has 2 heterocycles. The van der Waals surface area contributed by atoms with Crippen molar-refractivity contribution in [3.05, 3.63) is 194 Å². The van der Waals surface area contributed by atoms with Crippen molar-refractivity contribution in [3.8, 4) is 32.9 Å². The number of benzene rings is 9. The maximum Gasteiger partial charge on any atom is 0.00749 e. The zero-order valence-corrected chi connectivity index (χ0v) is 30.2. The number of hydrogen-bond donors (Lipinski definition) is 0. The summed E-state index contributed by atoms with van der Waals surface area (Å²) in [5.41, 5.74) is 5.16. The van der Waals surface area contributed by atoms with Crippen LogP contribution in [0.2, 0.25) is 0 Å². The molecule has 0 spiro atoms. The van der Waals surface area contributed by atoms with Gasteiger partial charge in [-0.2, -0.15) is 0 Å². The van der Waals surface area contributed by atoms with Gasteiger partial charge in [-0.05, 0) is 100 Å². The summed E-state index contributed by atoms with van der Waals surface area (Å²) in [4.78, 5) is 0. The van der Waals surface area contributed by atoms with Gasteiger partial charge in [0.2, 0.25) is 0 Å². The van der Waals surface area contributed by atoms with Crippen LogP contribution in [0, 0.1) is 0 Å². The minimum Gasteiger partial charge on any atom is -0.0772 e. The van der Waals surface area contributed by atoms with Crippen LogP contribution < -0.4 is 0 Å². The van der Waals surface area contributed by atoms with E-state index < -0.39 is 15.1 Å². The lowest BCUT2D eigenvalue weighted by Gasteiger charge is -2.19. The molecule has 0 amide bonds. The maximum atomic E-state index is 2.58. The molecule has 2 unspecified atom stereocenters. The molecule has 0 N–H and O–H groups in total. The van der Waals surface area contributed by atoms with Gasteiger partial charge in [0.25, 0.3) is 0 Å². The summed E-state index contributed by atoms with van der Waals surface area (Å²) in [6.07, 6.45) is 0. The monoisotopic (exact) mass is 694 g/mol. The highest BCUT2D eigenvalue weighted by atomic mass is 31.1. The molecule has 11 aromatic rings. The quantitative estimate of drug-likeness (QED) is 0.161. The minimum absolute atomic E-state index is 0.702. The third-order valence-corrected chi connectivity index (χ3v) is 15.9. The van der Waals surface area contributed by atoms with E-state index in [2.05, 4.69) is 194 Å². The van der Waals surface area contributed by atoms with Gasteiger partial charge in [-0.25, -0.2) is 0 Å². The smallest absolute Gasteiger partial charge is 0.00749 e. The maximum absolute atomic E-state index is 2.58. The molecule has 11 rings (SSSR count). The number of hydrogen-bond acceptors (Lipinski definition) is 0. The Hall–Kier alpha value is -5.90. The number of fused-ring (bicyclic) bond motifs is 8. The van der Waals surface area contributed by atoms with Crippen molar-refractivity contribution in [2.24, 2.45) is 0 Å². The van der Waals surface area contributed by atoms with Crippen molar-refractivity contribution in [2.75, 3.05) is 0 Å². The Balaban J connectivity index is 1.40. The fourth-order valence-corrected chi connectivity index (χ4v) is 14.0. The molecule has 0 aliphatic heterocycles. The van der Waals surface area contributed by atoms with Gasteiger partial charge in [-0.1, -0.05) is 185 Å². The standard InChI is InChI=1S/C50H32P2/c1-5-17-33(18-6-1)49-41-29-39-37-25-13-15-27-45(37)52(36-23-11-4-12-24-36)48(39)32-44(41)50(34-19-7-2-8-20-34)42-30-40-38-26-14-16-28-46(38)51(47(40)31-43(42)49)35-21-9-3-10-22-35/h1-32H. The molecule has 2 aromatic heterocycles. The molecule has 0 saturated carbocycles. The van der Waals surface area contributed by atoms with Crippen LogP contribution in [-0.4, -0.2) is 0 Å². The second kappa shape index (κ2) is 11.8. The zero-order chi connectivity index (χ0) is 34.2. The van der Waals surface area contributed by atoms with Crippen LogP contribution in [0.1, 0.15) is 0 Å². The van der Waals surface area contributed by atoms with E-state index >= 15 is 0 Å². The summed E-state index contributed by atoms with van der Waals surface area (Å²) in [5, 5.41) is 19.3. The van der Waals surface area contributed by atoms with Gasteiger partial charge in [-0.3, -0.25) is 0 Å². The van der Waals surface area contributed by atoms with E-state index in [1.165, 1.54) is 96.4 Å². The van der Waals surface area contributed by atoms with Crippen molar-refractivity contribution in [2.45, 2.75) is 0 Å². The van der Waals surface area contributed by atoms with Crippen LogP contribution >= 0.6 is 15.1 Å². The van der Waals surface area contributed by atoms with Crippen LogP contribution in [-0.2, 0) is 0 Å². The summed E-state index contributed by atoms with van der Waals surface area (Å²) in [5.74, 6) is 0. The van der Waals surface area contributed by atoms with E-state index in [9.17, 15) is 0 Å². The van der Waals surface area contributed by atoms with Crippen LogP contribution in [0.15, 0.2) is 194 Å². The third-order valence-electron chi connectivity index (χ3n) is 10.9. The van der Waals surface area contributed by atoms with E-state index in [4.69, 9.17) is 0 Å². The van der Waals surface area contributed by atoms with E-state index in [0.29, 0.717) is 0 Å². The summed E-state index contributed by atoms with van der Waals surface area (Å²) < 4.78 is 0. The van der Waals surface area contributed by atoms with Gasteiger partial charge >= 0.3 is 0 Å². The molecule has 52 heavy (non-hydrogen) atoms. The third kappa shape index (κ3) is 4.42. The van der Waals surface area contributed by atoms with Crippen molar-refractivity contribution in [1.29, 1.82) is 0 Å². The minimum atomic E-state index is -0.702. The molecule has 0 radical (unpaired) electrons. The normalized spacial score (nSPS) is 12.5. The fourth-order valence-electron chi connectivity index (χ4n) is 8.69. The van der Waals surface area contributed by atoms with Gasteiger partial charge in [0.1, 0.15) is 0 Å². The first-order chi connectivity index (χ1) is 25.8. The van der Waals surface area contributed by atoms with Gasteiger partial charge in [-0.15, -0.1) is 0 Å². The van der Waals surface area contributed by atoms with E-state index in [1.807, 2.05) is 0 Å². The molecule has 0 fully saturated rings. The van der Waals surface area contributed by atoms with Gasteiger partial charge in [0.05, 0.1) is 0 Å². The Bertz CT molecular complexity index is 2920. The Morgan fingerprint density at radius 3 is 0.962 bits per heavy atom. The van der Waals surface area contributed by atoms with Crippen molar-refractivity contribution in [1.82, 2.24) is 0 Å². The molecule has 2 heteroatoms. The summed E-state index contributed by atoms with van der Waals surface area (Å²) in [6, 6.07) is 73.0. The first kappa shape index (κ1) is 29.8. The highest BCUT2D eigenvalue weighted by molar-refractivity contribution is 7.68. The summed E-state index contributed by atoms with van der Waals surface area (Å²) in [6.45, 7) is 0. The van der Waals surface area contributed by atoms with E-state index in [1.54, 1.807) is 0 Å².